The van der Waals surface area contributed by atoms with Crippen molar-refractivity contribution in [2.45, 2.75) is 0 Å². The number of amides is 3. The van der Waals surface area contributed by atoms with E-state index in [1.807, 2.05) is 12.1 Å². The summed E-state index contributed by atoms with van der Waals surface area (Å²) in [6.07, 6.45) is 0. The van der Waals surface area contributed by atoms with Crippen LogP contribution in [0.15, 0.2) is 53.4 Å². The number of hydrogen-bond acceptors (Lipinski definition) is 5. The number of likely N-dealkylation sites (N-methyl/N-ethyl adjacent to an activating group) is 1. The molecule has 0 bridgehead atoms. The molecule has 0 spiro atoms. The van der Waals surface area contributed by atoms with Crippen LogP contribution in [0.2, 0.25) is 0 Å². The summed E-state index contributed by atoms with van der Waals surface area (Å²) < 4.78 is 5.16. The van der Waals surface area contributed by atoms with Crippen molar-refractivity contribution in [2.75, 3.05) is 24.0 Å². The number of anilines is 2. The standard InChI is InChI=1S/C19H14N2O4S/c1-20-14-9-4-3-8-13(14)15(17(20)22)16-18(23)21(19(24)26-16)11-6-5-7-12(10-11)25-2/h3-10H,1-2H3/b16-15-. The lowest BCUT2D eigenvalue weighted by Gasteiger charge is -2.13. The molecule has 0 N–H and O–H groups in total. The van der Waals surface area contributed by atoms with Crippen molar-refractivity contribution >= 4 is 45.8 Å². The number of para-hydroxylation sites is 1. The summed E-state index contributed by atoms with van der Waals surface area (Å²) in [7, 11) is 3.17. The Bertz CT molecular complexity index is 999. The summed E-state index contributed by atoms with van der Waals surface area (Å²) in [5.74, 6) is -0.250. The van der Waals surface area contributed by atoms with E-state index in [-0.39, 0.29) is 16.4 Å². The average Bonchev–Trinajstić information content (AvgIpc) is 3.08. The lowest BCUT2D eigenvalue weighted by molar-refractivity contribution is -0.115. The highest BCUT2D eigenvalue weighted by molar-refractivity contribution is 8.19. The predicted octanol–water partition coefficient (Wildman–Crippen LogP) is 3.28. The van der Waals surface area contributed by atoms with E-state index in [1.165, 1.54) is 12.0 Å². The van der Waals surface area contributed by atoms with Gasteiger partial charge in [-0.2, -0.15) is 0 Å². The molecular formula is C19H14N2O4S. The van der Waals surface area contributed by atoms with Gasteiger partial charge in [0.25, 0.3) is 17.1 Å². The molecule has 130 valence electrons. The fourth-order valence-corrected chi connectivity index (χ4v) is 4.01. The van der Waals surface area contributed by atoms with Crippen molar-refractivity contribution in [1.82, 2.24) is 0 Å². The molecule has 1 saturated heterocycles. The van der Waals surface area contributed by atoms with Crippen LogP contribution >= 0.6 is 11.8 Å². The zero-order valence-corrected chi connectivity index (χ0v) is 14.9. The van der Waals surface area contributed by atoms with Crippen LogP contribution in [0, 0.1) is 0 Å². The molecule has 7 heteroatoms. The SMILES string of the molecule is COc1cccc(N2C(=O)S/C(=C3\C(=O)N(C)c4ccccc43)C2=O)c1. The van der Waals surface area contributed by atoms with Crippen LogP contribution in [0.25, 0.3) is 5.57 Å². The number of benzene rings is 2. The molecule has 0 aromatic heterocycles. The summed E-state index contributed by atoms with van der Waals surface area (Å²) in [5, 5.41) is -0.439. The predicted molar refractivity (Wildman–Crippen MR) is 100 cm³/mol. The maximum absolute atomic E-state index is 13.0. The molecule has 0 radical (unpaired) electrons. The first kappa shape index (κ1) is 16.4. The van der Waals surface area contributed by atoms with E-state index < -0.39 is 11.1 Å². The molecule has 26 heavy (non-hydrogen) atoms. The number of ether oxygens (including phenoxy) is 1. The van der Waals surface area contributed by atoms with Gasteiger partial charge in [-0.3, -0.25) is 14.4 Å². The van der Waals surface area contributed by atoms with Crippen molar-refractivity contribution < 1.29 is 19.1 Å². The number of imide groups is 1. The van der Waals surface area contributed by atoms with Gasteiger partial charge in [-0.25, -0.2) is 4.90 Å². The molecule has 4 rings (SSSR count). The Morgan fingerprint density at radius 2 is 1.73 bits per heavy atom. The average molecular weight is 366 g/mol. The van der Waals surface area contributed by atoms with Gasteiger partial charge in [0.1, 0.15) is 5.75 Å². The van der Waals surface area contributed by atoms with Crippen LogP contribution in [-0.4, -0.2) is 31.2 Å². The quantitative estimate of drug-likeness (QED) is 0.763. The molecule has 2 aromatic rings. The first-order chi connectivity index (χ1) is 12.5. The lowest BCUT2D eigenvalue weighted by atomic mass is 10.1. The van der Waals surface area contributed by atoms with Crippen LogP contribution < -0.4 is 14.5 Å². The van der Waals surface area contributed by atoms with Crippen LogP contribution in [-0.2, 0) is 9.59 Å². The van der Waals surface area contributed by atoms with Gasteiger partial charge in [0.05, 0.1) is 29.0 Å². The molecule has 2 aromatic carbocycles. The van der Waals surface area contributed by atoms with Crippen LogP contribution in [0.3, 0.4) is 0 Å². The maximum Gasteiger partial charge on any atom is 0.298 e. The monoisotopic (exact) mass is 366 g/mol. The minimum absolute atomic E-state index is 0.152. The van der Waals surface area contributed by atoms with Gasteiger partial charge >= 0.3 is 0 Å². The Balaban J connectivity index is 1.83. The van der Waals surface area contributed by atoms with E-state index in [4.69, 9.17) is 4.74 Å². The summed E-state index contributed by atoms with van der Waals surface area (Å²) in [6.45, 7) is 0. The number of carbonyl (C=O) groups is 3. The van der Waals surface area contributed by atoms with Crippen LogP contribution in [0.4, 0.5) is 16.2 Å². The molecule has 2 heterocycles. The third kappa shape index (κ3) is 2.32. The van der Waals surface area contributed by atoms with Gasteiger partial charge < -0.3 is 9.64 Å². The lowest BCUT2D eigenvalue weighted by Crippen LogP contribution is -2.28. The number of nitrogens with zero attached hydrogens (tertiary/aromatic N) is 2. The number of thioether (sulfide) groups is 1. The first-order valence-electron chi connectivity index (χ1n) is 7.85. The minimum atomic E-state index is -0.498. The molecular weight excluding hydrogens is 352 g/mol. The highest BCUT2D eigenvalue weighted by Crippen LogP contribution is 2.45. The zero-order chi connectivity index (χ0) is 18.4. The Morgan fingerprint density at radius 1 is 0.962 bits per heavy atom. The first-order valence-corrected chi connectivity index (χ1v) is 8.66. The van der Waals surface area contributed by atoms with Gasteiger partial charge in [0, 0.05) is 18.7 Å². The molecule has 0 unspecified atom stereocenters. The Morgan fingerprint density at radius 3 is 2.50 bits per heavy atom. The van der Waals surface area contributed by atoms with Crippen LogP contribution in [0.1, 0.15) is 5.56 Å². The van der Waals surface area contributed by atoms with Gasteiger partial charge in [0.15, 0.2) is 0 Å². The molecule has 3 amide bonds. The zero-order valence-electron chi connectivity index (χ0n) is 14.1. The Hall–Kier alpha value is -3.06. The third-order valence-electron chi connectivity index (χ3n) is 4.36. The van der Waals surface area contributed by atoms with Crippen molar-refractivity contribution in [3.63, 3.8) is 0 Å². The fourth-order valence-electron chi connectivity index (χ4n) is 3.08. The van der Waals surface area contributed by atoms with Crippen molar-refractivity contribution in [3.05, 3.63) is 59.0 Å². The van der Waals surface area contributed by atoms with Gasteiger partial charge in [-0.1, -0.05) is 24.3 Å². The molecule has 1 fully saturated rings. The van der Waals surface area contributed by atoms with Crippen molar-refractivity contribution in [3.8, 4) is 5.75 Å². The summed E-state index contributed by atoms with van der Waals surface area (Å²) in [6, 6.07) is 13.9. The number of carbonyl (C=O) groups excluding carboxylic acids is 3. The van der Waals surface area contributed by atoms with E-state index in [0.717, 1.165) is 22.3 Å². The summed E-state index contributed by atoms with van der Waals surface area (Å²) in [4.78, 5) is 40.9. The van der Waals surface area contributed by atoms with Gasteiger partial charge in [0.2, 0.25) is 0 Å². The summed E-state index contributed by atoms with van der Waals surface area (Å²) >= 11 is 0.785. The van der Waals surface area contributed by atoms with Crippen molar-refractivity contribution in [1.29, 1.82) is 0 Å². The molecule has 6 nitrogen and oxygen atoms in total. The maximum atomic E-state index is 13.0. The Labute approximate surface area is 154 Å². The molecule has 0 aliphatic carbocycles. The molecule has 0 saturated carbocycles. The highest BCUT2D eigenvalue weighted by Gasteiger charge is 2.43. The van der Waals surface area contributed by atoms with E-state index in [9.17, 15) is 14.4 Å². The second kappa shape index (κ2) is 6.03. The van der Waals surface area contributed by atoms with E-state index in [2.05, 4.69) is 0 Å². The number of fused-ring (bicyclic) bond motifs is 1. The summed E-state index contributed by atoms with van der Waals surface area (Å²) in [5.41, 5.74) is 2.07. The smallest absolute Gasteiger partial charge is 0.298 e. The van der Waals surface area contributed by atoms with Gasteiger partial charge in [-0.05, 0) is 30.0 Å². The molecule has 2 aliphatic heterocycles. The second-order valence-corrected chi connectivity index (χ2v) is 6.76. The Kier molecular flexibility index (Phi) is 3.81. The minimum Gasteiger partial charge on any atom is -0.497 e. The number of hydrogen-bond donors (Lipinski definition) is 0. The molecule has 2 aliphatic rings. The van der Waals surface area contributed by atoms with Crippen LogP contribution in [0.5, 0.6) is 5.75 Å². The second-order valence-electron chi connectivity index (χ2n) is 5.80. The van der Waals surface area contributed by atoms with Gasteiger partial charge in [-0.15, -0.1) is 0 Å². The normalized spacial score (nSPS) is 19.4. The number of methoxy groups -OCH3 is 1. The fraction of sp³-hybridized carbons (Fsp3) is 0.105. The van der Waals surface area contributed by atoms with Crippen molar-refractivity contribution in [2.24, 2.45) is 0 Å². The number of rotatable bonds is 2. The topological polar surface area (TPSA) is 66.9 Å². The third-order valence-corrected chi connectivity index (χ3v) is 5.30. The molecule has 0 atom stereocenters. The van der Waals surface area contributed by atoms with E-state index in [1.54, 1.807) is 43.4 Å². The highest BCUT2D eigenvalue weighted by atomic mass is 32.2. The van der Waals surface area contributed by atoms with E-state index >= 15 is 0 Å². The van der Waals surface area contributed by atoms with E-state index in [0.29, 0.717) is 17.0 Å². The largest absolute Gasteiger partial charge is 0.497 e.